The SMILES string of the molecule is CCCCCCCCCCCCC[N+](C)(Cc1ccccc1)Cc1ccccc1.[Cl-]. The molecule has 0 radical (unpaired) electrons. The van der Waals surface area contributed by atoms with E-state index in [1.54, 1.807) is 0 Å². The summed E-state index contributed by atoms with van der Waals surface area (Å²) in [5.74, 6) is 0. The number of unbranched alkanes of at least 4 members (excludes halogenated alkanes) is 10. The Bertz CT molecular complexity index is 584. The summed E-state index contributed by atoms with van der Waals surface area (Å²) in [6, 6.07) is 22.0. The third kappa shape index (κ3) is 11.8. The molecule has 0 heterocycles. The molecule has 0 bridgehead atoms. The van der Waals surface area contributed by atoms with E-state index in [1.807, 2.05) is 0 Å². The minimum absolute atomic E-state index is 0. The number of nitrogens with zero attached hydrogens (tertiary/aromatic N) is 1. The lowest BCUT2D eigenvalue weighted by molar-refractivity contribution is -0.935. The quantitative estimate of drug-likeness (QED) is 0.256. The zero-order valence-electron chi connectivity index (χ0n) is 19.5. The standard InChI is InChI=1S/C28H44N.ClH/c1-3-4-5-6-7-8-9-10-11-12-19-24-29(2,25-27-20-15-13-16-21-27)26-28-22-17-14-18-23-28;/h13-18,20-23H,3-12,19,24-26H2,1-2H3;1H/q+1;/p-1. The predicted molar refractivity (Wildman–Crippen MR) is 128 cm³/mol. The molecular weight excluding hydrogens is 386 g/mol. The fourth-order valence-corrected chi connectivity index (χ4v) is 4.42. The van der Waals surface area contributed by atoms with Gasteiger partial charge in [0.25, 0.3) is 0 Å². The summed E-state index contributed by atoms with van der Waals surface area (Å²) in [6.07, 6.45) is 15.5. The minimum Gasteiger partial charge on any atom is -1.00 e. The first-order chi connectivity index (χ1) is 14.2. The van der Waals surface area contributed by atoms with E-state index >= 15 is 0 Å². The summed E-state index contributed by atoms with van der Waals surface area (Å²) in [7, 11) is 2.44. The molecule has 2 heteroatoms. The highest BCUT2D eigenvalue weighted by molar-refractivity contribution is 5.15. The smallest absolute Gasteiger partial charge is 0.104 e. The second-order valence-corrected chi connectivity index (χ2v) is 9.17. The first-order valence-electron chi connectivity index (χ1n) is 12.1. The van der Waals surface area contributed by atoms with Gasteiger partial charge in [0.2, 0.25) is 0 Å². The molecule has 0 spiro atoms. The monoisotopic (exact) mass is 429 g/mol. The lowest BCUT2D eigenvalue weighted by atomic mass is 10.1. The Labute approximate surface area is 192 Å². The van der Waals surface area contributed by atoms with E-state index in [4.69, 9.17) is 0 Å². The average Bonchev–Trinajstić information content (AvgIpc) is 2.73. The summed E-state index contributed by atoms with van der Waals surface area (Å²) < 4.78 is 1.10. The molecule has 0 aromatic heterocycles. The van der Waals surface area contributed by atoms with E-state index in [-0.39, 0.29) is 12.4 Å². The second-order valence-electron chi connectivity index (χ2n) is 9.17. The molecule has 30 heavy (non-hydrogen) atoms. The fourth-order valence-electron chi connectivity index (χ4n) is 4.42. The molecule has 0 saturated heterocycles. The highest BCUT2D eigenvalue weighted by Gasteiger charge is 2.22. The predicted octanol–water partition coefficient (Wildman–Crippen LogP) is 5.15. The van der Waals surface area contributed by atoms with Crippen LogP contribution in [0.2, 0.25) is 0 Å². The number of hydrogen-bond acceptors (Lipinski definition) is 0. The van der Waals surface area contributed by atoms with Crippen LogP contribution < -0.4 is 12.4 Å². The van der Waals surface area contributed by atoms with E-state index in [9.17, 15) is 0 Å². The second kappa shape index (κ2) is 16.4. The van der Waals surface area contributed by atoms with Gasteiger partial charge in [0.15, 0.2) is 0 Å². The number of quaternary nitrogens is 1. The van der Waals surface area contributed by atoms with Crippen LogP contribution in [0, 0.1) is 0 Å². The van der Waals surface area contributed by atoms with Gasteiger partial charge in [0, 0.05) is 11.1 Å². The maximum absolute atomic E-state index is 2.44. The van der Waals surface area contributed by atoms with Crippen molar-refractivity contribution in [1.29, 1.82) is 0 Å². The summed E-state index contributed by atoms with van der Waals surface area (Å²) in [4.78, 5) is 0. The maximum atomic E-state index is 2.44. The van der Waals surface area contributed by atoms with Gasteiger partial charge in [0.1, 0.15) is 13.1 Å². The van der Waals surface area contributed by atoms with E-state index in [2.05, 4.69) is 74.6 Å². The van der Waals surface area contributed by atoms with Crippen molar-refractivity contribution in [2.45, 2.75) is 90.6 Å². The lowest BCUT2D eigenvalue weighted by Crippen LogP contribution is -3.00. The van der Waals surface area contributed by atoms with Crippen LogP contribution in [0.4, 0.5) is 0 Å². The molecular formula is C28H44ClN. The van der Waals surface area contributed by atoms with Crippen molar-refractivity contribution in [2.75, 3.05) is 13.6 Å². The molecule has 2 aromatic carbocycles. The molecule has 0 aliphatic heterocycles. The highest BCUT2D eigenvalue weighted by Crippen LogP contribution is 2.20. The van der Waals surface area contributed by atoms with E-state index < -0.39 is 0 Å². The van der Waals surface area contributed by atoms with Crippen LogP contribution in [0.15, 0.2) is 60.7 Å². The van der Waals surface area contributed by atoms with Crippen molar-refractivity contribution >= 4 is 0 Å². The number of benzene rings is 2. The molecule has 168 valence electrons. The largest absolute Gasteiger partial charge is 1.00 e. The van der Waals surface area contributed by atoms with Gasteiger partial charge in [0.05, 0.1) is 13.6 Å². The van der Waals surface area contributed by atoms with E-state index in [0.29, 0.717) is 0 Å². The molecule has 1 nitrogen and oxygen atoms in total. The van der Waals surface area contributed by atoms with Gasteiger partial charge >= 0.3 is 0 Å². The molecule has 0 N–H and O–H groups in total. The zero-order chi connectivity index (χ0) is 20.6. The molecule has 2 aromatic rings. The molecule has 2 rings (SSSR count). The average molecular weight is 430 g/mol. The van der Waals surface area contributed by atoms with Crippen LogP contribution in [0.3, 0.4) is 0 Å². The van der Waals surface area contributed by atoms with Crippen LogP contribution in [0.5, 0.6) is 0 Å². The zero-order valence-corrected chi connectivity index (χ0v) is 20.3. The van der Waals surface area contributed by atoms with Gasteiger partial charge in [-0.1, -0.05) is 125 Å². The Hall–Kier alpha value is -1.31. The third-order valence-corrected chi connectivity index (χ3v) is 6.12. The molecule has 0 aliphatic carbocycles. The van der Waals surface area contributed by atoms with Crippen molar-refractivity contribution in [3.8, 4) is 0 Å². The topological polar surface area (TPSA) is 0 Å². The van der Waals surface area contributed by atoms with Crippen LogP contribution >= 0.6 is 0 Å². The normalized spacial score (nSPS) is 11.3. The van der Waals surface area contributed by atoms with Crippen LogP contribution in [-0.4, -0.2) is 18.1 Å². The number of rotatable bonds is 16. The fraction of sp³-hybridized carbons (Fsp3) is 0.571. The van der Waals surface area contributed by atoms with Crippen molar-refractivity contribution in [3.63, 3.8) is 0 Å². The Morgan fingerprint density at radius 2 is 0.900 bits per heavy atom. The Morgan fingerprint density at radius 3 is 1.30 bits per heavy atom. The lowest BCUT2D eigenvalue weighted by Gasteiger charge is -2.35. The highest BCUT2D eigenvalue weighted by atomic mass is 35.5. The van der Waals surface area contributed by atoms with E-state index in [1.165, 1.54) is 88.3 Å². The molecule has 0 unspecified atom stereocenters. The Morgan fingerprint density at radius 1 is 0.533 bits per heavy atom. The van der Waals surface area contributed by atoms with Gasteiger partial charge in [-0.3, -0.25) is 0 Å². The van der Waals surface area contributed by atoms with Crippen molar-refractivity contribution in [3.05, 3.63) is 71.8 Å². The molecule has 0 fully saturated rings. The number of halogens is 1. The van der Waals surface area contributed by atoms with Gasteiger partial charge in [-0.15, -0.1) is 0 Å². The maximum Gasteiger partial charge on any atom is 0.104 e. The van der Waals surface area contributed by atoms with Crippen LogP contribution in [0.1, 0.15) is 88.7 Å². The summed E-state index contributed by atoms with van der Waals surface area (Å²) >= 11 is 0. The molecule has 0 aliphatic rings. The van der Waals surface area contributed by atoms with Crippen LogP contribution in [-0.2, 0) is 13.1 Å². The first-order valence-corrected chi connectivity index (χ1v) is 12.1. The van der Waals surface area contributed by atoms with Gasteiger partial charge in [-0.05, 0) is 12.8 Å². The Balaban J connectivity index is 0.00000450. The first kappa shape index (κ1) is 26.7. The molecule has 0 saturated carbocycles. The van der Waals surface area contributed by atoms with Gasteiger partial charge < -0.3 is 16.9 Å². The van der Waals surface area contributed by atoms with Gasteiger partial charge in [-0.2, -0.15) is 0 Å². The minimum atomic E-state index is 0. The molecule has 0 atom stereocenters. The summed E-state index contributed by atoms with van der Waals surface area (Å²) in [5, 5.41) is 0. The number of hydrogen-bond donors (Lipinski definition) is 0. The van der Waals surface area contributed by atoms with E-state index in [0.717, 1.165) is 17.6 Å². The molecule has 0 amide bonds. The third-order valence-electron chi connectivity index (χ3n) is 6.12. The Kier molecular flexibility index (Phi) is 14.6. The van der Waals surface area contributed by atoms with Crippen molar-refractivity contribution in [2.24, 2.45) is 0 Å². The van der Waals surface area contributed by atoms with Crippen molar-refractivity contribution < 1.29 is 16.9 Å². The summed E-state index contributed by atoms with van der Waals surface area (Å²) in [6.45, 7) is 5.80. The summed E-state index contributed by atoms with van der Waals surface area (Å²) in [5.41, 5.74) is 2.91. The van der Waals surface area contributed by atoms with Crippen molar-refractivity contribution in [1.82, 2.24) is 0 Å². The van der Waals surface area contributed by atoms with Gasteiger partial charge in [-0.25, -0.2) is 0 Å². The van der Waals surface area contributed by atoms with Crippen LogP contribution in [0.25, 0.3) is 0 Å².